The summed E-state index contributed by atoms with van der Waals surface area (Å²) in [5.74, 6) is 2.89. The number of aryl methyl sites for hydroxylation is 1. The molecule has 0 aromatic carbocycles. The monoisotopic (exact) mass is 412 g/mol. The van der Waals surface area contributed by atoms with Gasteiger partial charge in [-0.3, -0.25) is 14.7 Å². The zero-order valence-corrected chi connectivity index (χ0v) is 20.4. The Bertz CT molecular complexity index is 820. The second-order valence-electron chi connectivity index (χ2n) is 6.78. The summed E-state index contributed by atoms with van der Waals surface area (Å²) in [5, 5.41) is 9.05. The molecule has 0 unspecified atom stereocenters. The molecule has 0 amide bonds. The van der Waals surface area contributed by atoms with Crippen molar-refractivity contribution in [2.24, 2.45) is 0 Å². The SMILES string of the molecule is CC.CC.CC.CCc1cc2ncc(CN3CCC(B(C)C#N)CC3)cc2[nH]c1=O. The Morgan fingerprint density at radius 3 is 2.30 bits per heavy atom. The van der Waals surface area contributed by atoms with Gasteiger partial charge in [-0.1, -0.05) is 55.3 Å². The lowest BCUT2D eigenvalue weighted by Crippen LogP contribution is -2.35. The highest BCUT2D eigenvalue weighted by Crippen LogP contribution is 2.26. The summed E-state index contributed by atoms with van der Waals surface area (Å²) >= 11 is 0. The van der Waals surface area contributed by atoms with Crippen LogP contribution in [0.1, 0.15) is 72.4 Å². The normalized spacial score (nSPS) is 13.6. The van der Waals surface area contributed by atoms with Gasteiger partial charge >= 0.3 is 0 Å². The minimum atomic E-state index is -0.0183. The molecule has 1 aliphatic rings. The molecule has 3 rings (SSSR count). The number of hydrogen-bond donors (Lipinski definition) is 1. The zero-order valence-electron chi connectivity index (χ0n) is 20.4. The van der Waals surface area contributed by atoms with Crippen molar-refractivity contribution in [3.63, 3.8) is 0 Å². The molecule has 0 atom stereocenters. The maximum Gasteiger partial charge on any atom is 0.267 e. The number of hydrogen-bond acceptors (Lipinski definition) is 4. The maximum atomic E-state index is 12.0. The summed E-state index contributed by atoms with van der Waals surface area (Å²) in [6.07, 6.45) is 4.77. The molecule has 0 saturated carbocycles. The summed E-state index contributed by atoms with van der Waals surface area (Å²) < 4.78 is 0. The van der Waals surface area contributed by atoms with Gasteiger partial charge in [0.25, 0.3) is 12.3 Å². The van der Waals surface area contributed by atoms with Crippen molar-refractivity contribution in [1.82, 2.24) is 14.9 Å². The van der Waals surface area contributed by atoms with Crippen LogP contribution < -0.4 is 5.56 Å². The van der Waals surface area contributed by atoms with Crippen LogP contribution in [0.3, 0.4) is 0 Å². The van der Waals surface area contributed by atoms with Gasteiger partial charge < -0.3 is 4.98 Å². The van der Waals surface area contributed by atoms with Crippen molar-refractivity contribution in [3.8, 4) is 5.97 Å². The molecule has 1 N–H and O–H groups in total. The van der Waals surface area contributed by atoms with E-state index in [4.69, 9.17) is 5.26 Å². The summed E-state index contributed by atoms with van der Waals surface area (Å²) in [6, 6.07) is 3.92. The van der Waals surface area contributed by atoms with E-state index in [0.717, 1.165) is 54.6 Å². The predicted octanol–water partition coefficient (Wildman–Crippen LogP) is 5.72. The molecule has 2 aromatic heterocycles. The lowest BCUT2D eigenvalue weighted by atomic mass is 9.42. The largest absolute Gasteiger partial charge is 0.320 e. The molecule has 6 heteroatoms. The lowest BCUT2D eigenvalue weighted by molar-refractivity contribution is 0.220. The van der Waals surface area contributed by atoms with Crippen LogP contribution >= 0.6 is 0 Å². The minimum absolute atomic E-state index is 0.0183. The molecule has 5 nitrogen and oxygen atoms in total. The van der Waals surface area contributed by atoms with Crippen molar-refractivity contribution in [2.75, 3.05) is 13.1 Å². The van der Waals surface area contributed by atoms with Crippen LogP contribution in [0.4, 0.5) is 0 Å². The second kappa shape index (κ2) is 15.7. The minimum Gasteiger partial charge on any atom is -0.320 e. The molecule has 0 radical (unpaired) electrons. The number of nitrogens with zero attached hydrogens (tertiary/aromatic N) is 3. The number of nitriles is 1. The molecular weight excluding hydrogens is 371 g/mol. The van der Waals surface area contributed by atoms with E-state index in [-0.39, 0.29) is 12.3 Å². The Morgan fingerprint density at radius 2 is 1.77 bits per heavy atom. The van der Waals surface area contributed by atoms with Gasteiger partial charge in [-0.25, -0.2) is 5.26 Å². The summed E-state index contributed by atoms with van der Waals surface area (Å²) in [4.78, 5) is 21.8. The van der Waals surface area contributed by atoms with Gasteiger partial charge in [0, 0.05) is 24.3 Å². The number of aromatic nitrogens is 2. The Morgan fingerprint density at radius 1 is 1.17 bits per heavy atom. The zero-order chi connectivity index (χ0) is 23.1. The summed E-state index contributed by atoms with van der Waals surface area (Å²) in [7, 11) is 0. The fraction of sp³-hybridized carbons (Fsp3) is 0.625. The highest BCUT2D eigenvalue weighted by molar-refractivity contribution is 6.67. The first kappa shape index (κ1) is 27.9. The van der Waals surface area contributed by atoms with Crippen LogP contribution in [0.5, 0.6) is 0 Å². The Hall–Kier alpha value is -2.13. The smallest absolute Gasteiger partial charge is 0.267 e. The van der Waals surface area contributed by atoms with Crippen LogP contribution in [-0.2, 0) is 13.0 Å². The molecule has 1 aliphatic heterocycles. The average Bonchev–Trinajstić information content (AvgIpc) is 2.82. The van der Waals surface area contributed by atoms with Crippen molar-refractivity contribution in [2.45, 2.75) is 86.9 Å². The van der Waals surface area contributed by atoms with E-state index in [2.05, 4.69) is 20.8 Å². The molecule has 0 spiro atoms. The molecule has 1 fully saturated rings. The maximum absolute atomic E-state index is 12.0. The molecule has 1 saturated heterocycles. The standard InChI is InChI=1S/C18H23BN4O.3C2H6/c1-3-14-9-16-17(22-18(14)24)8-13(10-21-16)11-23-6-4-15(5-7-23)19(2)12-20;3*1-2/h8-10,15H,3-7,11H2,1-2H3,(H,22,24);3*1-2H3. The summed E-state index contributed by atoms with van der Waals surface area (Å²) in [5.41, 5.74) is 3.53. The van der Waals surface area contributed by atoms with E-state index >= 15 is 0 Å². The first-order valence-electron chi connectivity index (χ1n) is 11.7. The van der Waals surface area contributed by atoms with Crippen LogP contribution in [0.15, 0.2) is 23.1 Å². The number of rotatable bonds is 4. The molecule has 3 heterocycles. The highest BCUT2D eigenvalue weighted by Gasteiger charge is 2.26. The number of piperidine rings is 1. The predicted molar refractivity (Wildman–Crippen MR) is 131 cm³/mol. The van der Waals surface area contributed by atoms with Gasteiger partial charge in [-0.2, -0.15) is 0 Å². The van der Waals surface area contributed by atoms with Crippen LogP contribution in [0.25, 0.3) is 11.0 Å². The van der Waals surface area contributed by atoms with Gasteiger partial charge in [0.1, 0.15) is 0 Å². The van der Waals surface area contributed by atoms with Gasteiger partial charge in [0.05, 0.1) is 11.0 Å². The van der Waals surface area contributed by atoms with Crippen LogP contribution in [-0.4, -0.2) is 34.7 Å². The molecule has 166 valence electrons. The van der Waals surface area contributed by atoms with E-state index in [0.29, 0.717) is 12.2 Å². The fourth-order valence-corrected chi connectivity index (χ4v) is 3.49. The quantitative estimate of drug-likeness (QED) is 0.652. The third-order valence-electron chi connectivity index (χ3n) is 5.16. The van der Waals surface area contributed by atoms with E-state index in [1.54, 1.807) is 0 Å². The number of aromatic amines is 1. The number of nitrogens with one attached hydrogen (secondary N) is 1. The molecule has 0 bridgehead atoms. The van der Waals surface area contributed by atoms with Crippen molar-refractivity contribution < 1.29 is 0 Å². The van der Waals surface area contributed by atoms with E-state index in [1.807, 2.05) is 73.6 Å². The van der Waals surface area contributed by atoms with E-state index in [9.17, 15) is 4.79 Å². The second-order valence-corrected chi connectivity index (χ2v) is 6.78. The number of likely N-dealkylation sites (tertiary alicyclic amines) is 1. The third-order valence-corrected chi connectivity index (χ3v) is 5.16. The fourth-order valence-electron chi connectivity index (χ4n) is 3.49. The molecular formula is C24H41BN4O. The lowest BCUT2D eigenvalue weighted by Gasteiger charge is -2.32. The molecule has 2 aromatic rings. The first-order chi connectivity index (χ1) is 14.6. The molecule has 0 aliphatic carbocycles. The van der Waals surface area contributed by atoms with Crippen molar-refractivity contribution in [1.29, 1.82) is 5.26 Å². The van der Waals surface area contributed by atoms with Crippen LogP contribution in [0, 0.1) is 11.2 Å². The Kier molecular flexibility index (Phi) is 14.6. The van der Waals surface area contributed by atoms with Crippen LogP contribution in [0.2, 0.25) is 12.6 Å². The molecule has 30 heavy (non-hydrogen) atoms. The van der Waals surface area contributed by atoms with E-state index < -0.39 is 0 Å². The number of fused-ring (bicyclic) bond motifs is 1. The Balaban J connectivity index is 0.00000129. The van der Waals surface area contributed by atoms with Crippen molar-refractivity contribution in [3.05, 3.63) is 39.8 Å². The summed E-state index contributed by atoms with van der Waals surface area (Å²) in [6.45, 7) is 19.0. The number of pyridine rings is 2. The highest BCUT2D eigenvalue weighted by atomic mass is 16.1. The van der Waals surface area contributed by atoms with E-state index in [1.165, 1.54) is 0 Å². The Labute approximate surface area is 184 Å². The third kappa shape index (κ3) is 7.95. The number of H-pyrrole nitrogens is 1. The van der Waals surface area contributed by atoms with Gasteiger partial charge in [0.2, 0.25) is 0 Å². The van der Waals surface area contributed by atoms with Gasteiger partial charge in [-0.15, -0.1) is 0 Å². The topological polar surface area (TPSA) is 72.8 Å². The average molecular weight is 412 g/mol. The van der Waals surface area contributed by atoms with Crippen molar-refractivity contribution >= 4 is 17.7 Å². The van der Waals surface area contributed by atoms with Gasteiger partial charge in [-0.05, 0) is 55.9 Å². The first-order valence-corrected chi connectivity index (χ1v) is 11.7. The van der Waals surface area contributed by atoms with Gasteiger partial charge in [0.15, 0.2) is 0 Å².